The maximum Gasteiger partial charge on any atom is 0.129 e. The Hall–Kier alpha value is -1.49. The smallest absolute Gasteiger partial charge is 0.129 e. The summed E-state index contributed by atoms with van der Waals surface area (Å²) >= 11 is 1.66. The van der Waals surface area contributed by atoms with Crippen LogP contribution in [0.5, 0.6) is 0 Å². The molecule has 0 fully saturated rings. The van der Waals surface area contributed by atoms with Gasteiger partial charge in [-0.25, -0.2) is 15.0 Å². The summed E-state index contributed by atoms with van der Waals surface area (Å²) in [6.07, 6.45) is 1.60. The van der Waals surface area contributed by atoms with Crippen LogP contribution in [0.3, 0.4) is 0 Å². The Morgan fingerprint density at radius 2 is 2.18 bits per heavy atom. The minimum absolute atomic E-state index is 0.417. The van der Waals surface area contributed by atoms with Crippen molar-refractivity contribution in [3.8, 4) is 0 Å². The first-order valence-corrected chi connectivity index (χ1v) is 6.50. The largest absolute Gasteiger partial charge is 0.363 e. The number of nitrogens with zero attached hydrogens (tertiary/aromatic N) is 3. The van der Waals surface area contributed by atoms with Gasteiger partial charge in [0.1, 0.15) is 17.2 Å². The van der Waals surface area contributed by atoms with Crippen LogP contribution in [-0.4, -0.2) is 15.0 Å². The third kappa shape index (κ3) is 3.23. The van der Waals surface area contributed by atoms with Crippen molar-refractivity contribution in [1.82, 2.24) is 15.0 Å². The van der Waals surface area contributed by atoms with E-state index in [0.717, 1.165) is 22.2 Å². The van der Waals surface area contributed by atoms with Crippen molar-refractivity contribution in [3.63, 3.8) is 0 Å². The van der Waals surface area contributed by atoms with E-state index in [1.54, 1.807) is 17.7 Å². The molecule has 2 aromatic rings. The van der Waals surface area contributed by atoms with Crippen LogP contribution in [0.1, 0.15) is 36.2 Å². The van der Waals surface area contributed by atoms with Crippen LogP contribution in [0, 0.1) is 6.92 Å². The summed E-state index contributed by atoms with van der Waals surface area (Å²) in [6.45, 7) is 6.96. The molecule has 0 unspecified atom stereocenters. The highest BCUT2D eigenvalue weighted by atomic mass is 32.1. The van der Waals surface area contributed by atoms with Crippen molar-refractivity contribution < 1.29 is 0 Å². The molecule has 5 heteroatoms. The predicted octanol–water partition coefficient (Wildman–Crippen LogP) is 2.98. The van der Waals surface area contributed by atoms with E-state index in [1.165, 1.54) is 0 Å². The van der Waals surface area contributed by atoms with Gasteiger partial charge < -0.3 is 5.32 Å². The van der Waals surface area contributed by atoms with Crippen LogP contribution < -0.4 is 5.32 Å². The third-order valence-corrected chi connectivity index (χ3v) is 3.33. The normalized spacial score (nSPS) is 10.8. The molecule has 0 bridgehead atoms. The molecule has 0 spiro atoms. The van der Waals surface area contributed by atoms with E-state index in [0.29, 0.717) is 12.5 Å². The number of thiazole rings is 1. The Morgan fingerprint density at radius 3 is 2.82 bits per heavy atom. The van der Waals surface area contributed by atoms with Gasteiger partial charge >= 0.3 is 0 Å². The SMILES string of the molecule is Cc1csc(CNc2cc(C(C)C)ncn2)n1. The van der Waals surface area contributed by atoms with E-state index < -0.39 is 0 Å². The Balaban J connectivity index is 2.01. The minimum atomic E-state index is 0.417. The Labute approximate surface area is 105 Å². The van der Waals surface area contributed by atoms with Crippen LogP contribution in [0.4, 0.5) is 5.82 Å². The number of aryl methyl sites for hydroxylation is 1. The fraction of sp³-hybridized carbons (Fsp3) is 0.417. The fourth-order valence-electron chi connectivity index (χ4n) is 1.43. The summed E-state index contributed by atoms with van der Waals surface area (Å²) in [5, 5.41) is 6.39. The lowest BCUT2D eigenvalue weighted by molar-refractivity contribution is 0.813. The van der Waals surface area contributed by atoms with Gasteiger partial charge in [-0.3, -0.25) is 0 Å². The van der Waals surface area contributed by atoms with E-state index >= 15 is 0 Å². The maximum absolute atomic E-state index is 4.40. The van der Waals surface area contributed by atoms with Gasteiger partial charge in [-0.15, -0.1) is 11.3 Å². The van der Waals surface area contributed by atoms with Crippen LogP contribution >= 0.6 is 11.3 Å². The zero-order valence-corrected chi connectivity index (χ0v) is 11.1. The molecule has 0 radical (unpaired) electrons. The second-order valence-corrected chi connectivity index (χ2v) is 5.16. The van der Waals surface area contributed by atoms with Crippen molar-refractivity contribution in [2.75, 3.05) is 5.32 Å². The monoisotopic (exact) mass is 248 g/mol. The first-order valence-electron chi connectivity index (χ1n) is 5.62. The lowest BCUT2D eigenvalue weighted by Crippen LogP contribution is -2.03. The molecule has 0 atom stereocenters. The lowest BCUT2D eigenvalue weighted by atomic mass is 10.1. The zero-order chi connectivity index (χ0) is 12.3. The second kappa shape index (κ2) is 5.23. The summed E-state index contributed by atoms with van der Waals surface area (Å²) in [5.74, 6) is 1.28. The number of aromatic nitrogens is 3. The Bertz CT molecular complexity index is 493. The average Bonchev–Trinajstić information content (AvgIpc) is 2.73. The quantitative estimate of drug-likeness (QED) is 0.903. The van der Waals surface area contributed by atoms with Crippen LogP contribution in [-0.2, 0) is 6.54 Å². The van der Waals surface area contributed by atoms with Gasteiger partial charge in [-0.1, -0.05) is 13.8 Å². The lowest BCUT2D eigenvalue weighted by Gasteiger charge is -2.07. The van der Waals surface area contributed by atoms with Gasteiger partial charge in [0.05, 0.1) is 6.54 Å². The molecule has 2 aromatic heterocycles. The van der Waals surface area contributed by atoms with E-state index in [-0.39, 0.29) is 0 Å². The van der Waals surface area contributed by atoms with Gasteiger partial charge in [-0.05, 0) is 12.8 Å². The van der Waals surface area contributed by atoms with E-state index in [4.69, 9.17) is 0 Å². The summed E-state index contributed by atoms with van der Waals surface area (Å²) in [7, 11) is 0. The van der Waals surface area contributed by atoms with Crippen molar-refractivity contribution in [1.29, 1.82) is 0 Å². The molecular weight excluding hydrogens is 232 g/mol. The van der Waals surface area contributed by atoms with Crippen molar-refractivity contribution in [3.05, 3.63) is 34.2 Å². The third-order valence-electron chi connectivity index (χ3n) is 2.37. The summed E-state index contributed by atoms with van der Waals surface area (Å²) in [4.78, 5) is 12.8. The molecule has 17 heavy (non-hydrogen) atoms. The molecule has 0 aliphatic rings. The summed E-state index contributed by atoms with van der Waals surface area (Å²) in [6, 6.07) is 1.99. The summed E-state index contributed by atoms with van der Waals surface area (Å²) < 4.78 is 0. The molecule has 0 saturated heterocycles. The molecule has 0 aliphatic heterocycles. The van der Waals surface area contributed by atoms with Crippen LogP contribution in [0.2, 0.25) is 0 Å². The van der Waals surface area contributed by atoms with Crippen molar-refractivity contribution in [2.45, 2.75) is 33.2 Å². The Kier molecular flexibility index (Phi) is 3.68. The van der Waals surface area contributed by atoms with Crippen LogP contribution in [0.15, 0.2) is 17.8 Å². The molecule has 1 N–H and O–H groups in total. The molecule has 4 nitrogen and oxygen atoms in total. The number of anilines is 1. The molecule has 2 heterocycles. The average molecular weight is 248 g/mol. The van der Waals surface area contributed by atoms with Gasteiger partial charge in [-0.2, -0.15) is 0 Å². The highest BCUT2D eigenvalue weighted by molar-refractivity contribution is 7.09. The molecule has 0 saturated carbocycles. The Morgan fingerprint density at radius 1 is 1.35 bits per heavy atom. The fourth-order valence-corrected chi connectivity index (χ4v) is 2.15. The molecule has 0 aliphatic carbocycles. The molecule has 90 valence electrons. The molecule has 2 rings (SSSR count). The van der Waals surface area contributed by atoms with Gasteiger partial charge in [0, 0.05) is 22.8 Å². The summed E-state index contributed by atoms with van der Waals surface area (Å²) in [5.41, 5.74) is 2.12. The van der Waals surface area contributed by atoms with Gasteiger partial charge in [0.25, 0.3) is 0 Å². The number of hydrogen-bond acceptors (Lipinski definition) is 5. The van der Waals surface area contributed by atoms with E-state index in [2.05, 4.69) is 39.5 Å². The van der Waals surface area contributed by atoms with E-state index in [9.17, 15) is 0 Å². The number of rotatable bonds is 4. The highest BCUT2D eigenvalue weighted by Gasteiger charge is 2.03. The van der Waals surface area contributed by atoms with E-state index in [1.807, 2.05) is 13.0 Å². The first-order chi connectivity index (χ1) is 8.15. The van der Waals surface area contributed by atoms with Crippen molar-refractivity contribution in [2.24, 2.45) is 0 Å². The maximum atomic E-state index is 4.40. The topological polar surface area (TPSA) is 50.7 Å². The predicted molar refractivity (Wildman–Crippen MR) is 70.3 cm³/mol. The minimum Gasteiger partial charge on any atom is -0.363 e. The molecular formula is C12H16N4S. The standard InChI is InChI=1S/C12H16N4S/c1-8(2)10-4-11(15-7-14-10)13-5-12-16-9(3)6-17-12/h4,6-8H,5H2,1-3H3,(H,13,14,15). The number of nitrogens with one attached hydrogen (secondary N) is 1. The second-order valence-electron chi connectivity index (χ2n) is 4.22. The molecule has 0 amide bonds. The van der Waals surface area contributed by atoms with Gasteiger partial charge in [0.2, 0.25) is 0 Å². The first kappa shape index (κ1) is 12.0. The molecule has 0 aromatic carbocycles. The number of hydrogen-bond donors (Lipinski definition) is 1. The van der Waals surface area contributed by atoms with Gasteiger partial charge in [0.15, 0.2) is 0 Å². The zero-order valence-electron chi connectivity index (χ0n) is 10.3. The highest BCUT2D eigenvalue weighted by Crippen LogP contribution is 2.15. The van der Waals surface area contributed by atoms with Crippen molar-refractivity contribution >= 4 is 17.2 Å². The van der Waals surface area contributed by atoms with Crippen LogP contribution in [0.25, 0.3) is 0 Å².